The van der Waals surface area contributed by atoms with Crippen LogP contribution < -0.4 is 16.0 Å². The summed E-state index contributed by atoms with van der Waals surface area (Å²) in [6, 6.07) is 13.3. The third-order valence-corrected chi connectivity index (χ3v) is 7.38. The second-order valence-electron chi connectivity index (χ2n) is 10.5. The first kappa shape index (κ1) is 28.0. The average Bonchev–Trinajstić information content (AvgIpc) is 3.54. The van der Waals surface area contributed by atoms with Gasteiger partial charge in [-0.05, 0) is 49.2 Å². The molecule has 6 rings (SSSR count). The Bertz CT molecular complexity index is 1780. The number of carboxylic acid groups (broad SMARTS) is 1. The number of aromatic carboxylic acids is 1. The average molecular weight is 592 g/mol. The zero-order chi connectivity index (χ0) is 30.5. The molecule has 1 aliphatic rings. The molecule has 6 N–H and O–H groups in total. The lowest BCUT2D eigenvalue weighted by molar-refractivity contribution is 0.0696. The van der Waals surface area contributed by atoms with Crippen LogP contribution in [-0.4, -0.2) is 37.3 Å². The number of hydrogen-bond donors (Lipinski definition) is 6. The van der Waals surface area contributed by atoms with E-state index in [2.05, 4.69) is 36.3 Å². The Morgan fingerprint density at radius 1 is 0.767 bits per heavy atom. The molecule has 0 aliphatic carbocycles. The smallest absolute Gasteiger partial charge is 0.335 e. The first-order valence-electron chi connectivity index (χ1n) is 13.2. The molecule has 43 heavy (non-hydrogen) atoms. The molecule has 220 valence electrons. The quantitative estimate of drug-likeness (QED) is 0.112. The molecule has 0 unspecified atom stereocenters. The van der Waals surface area contributed by atoms with Crippen molar-refractivity contribution >= 4 is 17.6 Å². The fourth-order valence-electron chi connectivity index (χ4n) is 5.70. The van der Waals surface area contributed by atoms with E-state index in [4.69, 9.17) is 0 Å². The highest BCUT2D eigenvalue weighted by Gasteiger charge is 2.52. The highest BCUT2D eigenvalue weighted by atomic mass is 19.1. The summed E-state index contributed by atoms with van der Waals surface area (Å²) in [5, 5.41) is 33.9. The first-order valence-corrected chi connectivity index (χ1v) is 13.2. The molecule has 0 atom stereocenters. The van der Waals surface area contributed by atoms with Gasteiger partial charge in [-0.15, -0.1) is 0 Å². The minimum atomic E-state index is -1.98. The Labute approximate surface area is 242 Å². The lowest BCUT2D eigenvalue weighted by atomic mass is 9.70. The highest BCUT2D eigenvalue weighted by Crippen LogP contribution is 2.46. The molecule has 3 aromatic carbocycles. The molecule has 13 heteroatoms. The summed E-state index contributed by atoms with van der Waals surface area (Å²) in [7, 11) is 0. The van der Waals surface area contributed by atoms with Gasteiger partial charge in [0.05, 0.1) is 5.56 Å². The normalized spacial score (nSPS) is 15.1. The van der Waals surface area contributed by atoms with Crippen molar-refractivity contribution in [3.63, 3.8) is 0 Å². The standard InChI is InChI=1S/C30H25F4N7O2/c1-15-9-26(39-37-15)35-29(36-27-10-16(2)38-40-27)14-18-11-17(28(42)43)3-6-21(18)30(41-29,22-7-4-19(31)12-24(22)33)23-8-5-20(32)13-25(23)34/h3-13,41H,14H2,1-2H3,(H,42,43)(H2,35,37,39)(H2,36,38,40). The van der Waals surface area contributed by atoms with E-state index < -0.39 is 40.6 Å². The zero-order valence-electron chi connectivity index (χ0n) is 22.8. The van der Waals surface area contributed by atoms with E-state index in [0.29, 0.717) is 40.7 Å². The number of aryl methyl sites for hydroxylation is 2. The predicted molar refractivity (Wildman–Crippen MR) is 149 cm³/mol. The molecule has 0 spiro atoms. The van der Waals surface area contributed by atoms with Gasteiger partial charge in [-0.3, -0.25) is 15.5 Å². The molecule has 9 nitrogen and oxygen atoms in total. The van der Waals surface area contributed by atoms with Gasteiger partial charge in [0.25, 0.3) is 0 Å². The summed E-state index contributed by atoms with van der Waals surface area (Å²) in [4.78, 5) is 12.0. The molecule has 0 saturated heterocycles. The van der Waals surface area contributed by atoms with E-state index in [-0.39, 0.29) is 28.7 Å². The number of nitrogens with zero attached hydrogens (tertiary/aromatic N) is 2. The van der Waals surface area contributed by atoms with Gasteiger partial charge in [-0.2, -0.15) is 10.2 Å². The molecule has 0 bridgehead atoms. The third kappa shape index (κ3) is 4.97. The minimum absolute atomic E-state index is 0.00531. The van der Waals surface area contributed by atoms with Gasteiger partial charge in [0, 0.05) is 53.2 Å². The van der Waals surface area contributed by atoms with Crippen molar-refractivity contribution in [3.05, 3.63) is 129 Å². The van der Waals surface area contributed by atoms with Crippen LogP contribution >= 0.6 is 0 Å². The maximum Gasteiger partial charge on any atom is 0.335 e. The van der Waals surface area contributed by atoms with E-state index in [0.717, 1.165) is 12.1 Å². The number of rotatable bonds is 7. The fraction of sp³-hybridized carbons (Fsp3) is 0.167. The lowest BCUT2D eigenvalue weighted by Crippen LogP contribution is -2.69. The van der Waals surface area contributed by atoms with Crippen LogP contribution in [0.4, 0.5) is 29.2 Å². The summed E-state index contributed by atoms with van der Waals surface area (Å²) in [6.45, 7) is 3.56. The van der Waals surface area contributed by atoms with Gasteiger partial charge in [0.15, 0.2) is 17.4 Å². The molecule has 5 aromatic rings. The number of carbonyl (C=O) groups is 1. The molecule has 3 heterocycles. The number of aromatic nitrogens is 4. The van der Waals surface area contributed by atoms with Crippen LogP contribution in [0.1, 0.15) is 44.0 Å². The minimum Gasteiger partial charge on any atom is -0.478 e. The number of aromatic amines is 2. The van der Waals surface area contributed by atoms with Gasteiger partial charge >= 0.3 is 5.97 Å². The largest absolute Gasteiger partial charge is 0.478 e. The first-order chi connectivity index (χ1) is 20.5. The summed E-state index contributed by atoms with van der Waals surface area (Å²) in [5.41, 5.74) is -0.406. The van der Waals surface area contributed by atoms with Crippen molar-refractivity contribution in [1.29, 1.82) is 0 Å². The Morgan fingerprint density at radius 3 is 1.72 bits per heavy atom. The number of H-pyrrole nitrogens is 2. The van der Waals surface area contributed by atoms with Crippen LogP contribution in [-0.2, 0) is 12.0 Å². The highest BCUT2D eigenvalue weighted by molar-refractivity contribution is 5.88. The van der Waals surface area contributed by atoms with Crippen molar-refractivity contribution in [1.82, 2.24) is 25.7 Å². The van der Waals surface area contributed by atoms with E-state index in [1.807, 2.05) is 0 Å². The molecule has 2 aromatic heterocycles. The van der Waals surface area contributed by atoms with Gasteiger partial charge in [-0.25, -0.2) is 22.4 Å². The van der Waals surface area contributed by atoms with Gasteiger partial charge in [0.2, 0.25) is 0 Å². The second kappa shape index (κ2) is 10.3. The Morgan fingerprint density at radius 2 is 1.28 bits per heavy atom. The van der Waals surface area contributed by atoms with Crippen LogP contribution in [0.5, 0.6) is 0 Å². The SMILES string of the molecule is Cc1cc(NC2(Nc3cc(C)[nH]n3)Cc3cc(C(=O)O)ccc3C(c3ccc(F)cc3F)(c3ccc(F)cc3F)N2)n[nH]1. The van der Waals surface area contributed by atoms with E-state index in [9.17, 15) is 18.7 Å². The number of hydrogen-bond acceptors (Lipinski definition) is 6. The van der Waals surface area contributed by atoms with E-state index in [1.54, 1.807) is 26.0 Å². The molecule has 0 amide bonds. The molecule has 0 radical (unpaired) electrons. The summed E-state index contributed by atoms with van der Waals surface area (Å²) < 4.78 is 60.4. The topological polar surface area (TPSA) is 131 Å². The van der Waals surface area contributed by atoms with Crippen molar-refractivity contribution in [2.24, 2.45) is 0 Å². The number of fused-ring (bicyclic) bond motifs is 1. The Balaban J connectivity index is 1.70. The summed E-state index contributed by atoms with van der Waals surface area (Å²) in [6.07, 6.45) is -0.00531. The van der Waals surface area contributed by atoms with Gasteiger partial charge in [-0.1, -0.05) is 18.2 Å². The van der Waals surface area contributed by atoms with Crippen LogP contribution in [0.2, 0.25) is 0 Å². The van der Waals surface area contributed by atoms with Crippen LogP contribution in [0.25, 0.3) is 0 Å². The van der Waals surface area contributed by atoms with Gasteiger partial charge < -0.3 is 15.7 Å². The number of nitrogens with one attached hydrogen (secondary N) is 5. The number of halogens is 4. The lowest BCUT2D eigenvalue weighted by Gasteiger charge is -2.51. The number of benzene rings is 3. The number of carboxylic acids is 1. The fourth-order valence-corrected chi connectivity index (χ4v) is 5.70. The molecular weight excluding hydrogens is 566 g/mol. The van der Waals surface area contributed by atoms with Crippen molar-refractivity contribution in [3.8, 4) is 0 Å². The van der Waals surface area contributed by atoms with Crippen LogP contribution in [0, 0.1) is 37.1 Å². The summed E-state index contributed by atoms with van der Waals surface area (Å²) >= 11 is 0. The maximum atomic E-state index is 15.9. The predicted octanol–water partition coefficient (Wildman–Crippen LogP) is 5.32. The number of anilines is 2. The second-order valence-corrected chi connectivity index (χ2v) is 10.5. The van der Waals surface area contributed by atoms with Crippen LogP contribution in [0.3, 0.4) is 0 Å². The van der Waals surface area contributed by atoms with Crippen LogP contribution in [0.15, 0.2) is 66.7 Å². The third-order valence-electron chi connectivity index (χ3n) is 7.38. The Hall–Kier alpha value is -5.17. The van der Waals surface area contributed by atoms with E-state index >= 15 is 8.78 Å². The molecule has 1 aliphatic heterocycles. The van der Waals surface area contributed by atoms with E-state index in [1.165, 1.54) is 30.3 Å². The maximum absolute atomic E-state index is 15.9. The van der Waals surface area contributed by atoms with Gasteiger partial charge in [0.1, 0.15) is 28.8 Å². The molecule has 0 fully saturated rings. The monoisotopic (exact) mass is 591 g/mol. The van der Waals surface area contributed by atoms with Crippen molar-refractivity contribution in [2.45, 2.75) is 31.6 Å². The zero-order valence-corrected chi connectivity index (χ0v) is 22.8. The Kier molecular flexibility index (Phi) is 6.69. The molecular formula is C30H25F4N7O2. The molecule has 0 saturated carbocycles. The van der Waals surface area contributed by atoms with Crippen molar-refractivity contribution < 1.29 is 27.5 Å². The van der Waals surface area contributed by atoms with Crippen molar-refractivity contribution in [2.75, 3.05) is 10.6 Å². The summed E-state index contributed by atoms with van der Waals surface area (Å²) in [5.74, 6) is -5.91.